The zero-order valence-electron chi connectivity index (χ0n) is 13.3. The Labute approximate surface area is 135 Å². The van der Waals surface area contributed by atoms with Gasteiger partial charge >= 0.3 is 5.97 Å². The third kappa shape index (κ3) is 2.47. The minimum absolute atomic E-state index is 0.185. The molecule has 4 atom stereocenters. The Hall–Kier alpha value is -1.43. The zero-order chi connectivity index (χ0) is 16.2. The molecule has 6 nitrogen and oxygen atoms in total. The van der Waals surface area contributed by atoms with Gasteiger partial charge in [-0.1, -0.05) is 0 Å². The molecule has 126 valence electrons. The molecule has 0 aromatic heterocycles. The van der Waals surface area contributed by atoms with Crippen LogP contribution in [-0.2, 0) is 19.1 Å². The van der Waals surface area contributed by atoms with Crippen LogP contribution in [0.3, 0.4) is 0 Å². The van der Waals surface area contributed by atoms with E-state index in [-0.39, 0.29) is 18.5 Å². The molecule has 23 heavy (non-hydrogen) atoms. The summed E-state index contributed by atoms with van der Waals surface area (Å²) in [5, 5.41) is 10.7. The predicted octanol–water partition coefficient (Wildman–Crippen LogP) is 1.01. The summed E-state index contributed by atoms with van der Waals surface area (Å²) in [5.41, 5.74) is -1.34. The number of carbonyl (C=O) groups is 3. The summed E-state index contributed by atoms with van der Waals surface area (Å²) in [6.45, 7) is 0.0599. The fourth-order valence-corrected chi connectivity index (χ4v) is 5.72. The first-order chi connectivity index (χ1) is 10.9. The lowest BCUT2D eigenvalue weighted by Gasteiger charge is -2.58. The van der Waals surface area contributed by atoms with E-state index in [1.54, 1.807) is 0 Å². The maximum absolute atomic E-state index is 12.7. The molecule has 0 aromatic carbocycles. The van der Waals surface area contributed by atoms with Gasteiger partial charge in [0.25, 0.3) is 5.91 Å². The van der Waals surface area contributed by atoms with Gasteiger partial charge in [-0.25, -0.2) is 0 Å². The van der Waals surface area contributed by atoms with E-state index in [0.29, 0.717) is 37.6 Å². The fraction of sp³-hybridized carbons (Fsp3) is 0.824. The van der Waals surface area contributed by atoms with Crippen molar-refractivity contribution in [1.82, 2.24) is 4.90 Å². The van der Waals surface area contributed by atoms with Crippen molar-refractivity contribution in [3.63, 3.8) is 0 Å². The van der Waals surface area contributed by atoms with Crippen LogP contribution < -0.4 is 0 Å². The molecule has 1 N–H and O–H groups in total. The Morgan fingerprint density at radius 2 is 1.91 bits per heavy atom. The molecule has 5 fully saturated rings. The Morgan fingerprint density at radius 1 is 1.22 bits per heavy atom. The first-order valence-electron chi connectivity index (χ1n) is 8.62. The van der Waals surface area contributed by atoms with Gasteiger partial charge in [-0.3, -0.25) is 19.3 Å². The van der Waals surface area contributed by atoms with Crippen LogP contribution in [0.2, 0.25) is 0 Å². The van der Waals surface area contributed by atoms with Crippen molar-refractivity contribution in [3.05, 3.63) is 0 Å². The van der Waals surface area contributed by atoms with Crippen LogP contribution in [0.5, 0.6) is 0 Å². The third-order valence-corrected chi connectivity index (χ3v) is 6.16. The van der Waals surface area contributed by atoms with Gasteiger partial charge in [-0.05, 0) is 56.8 Å². The van der Waals surface area contributed by atoms with Gasteiger partial charge in [0, 0.05) is 13.0 Å². The van der Waals surface area contributed by atoms with E-state index in [9.17, 15) is 19.5 Å². The first-order valence-corrected chi connectivity index (χ1v) is 8.62. The number of imide groups is 1. The number of hydrogen-bond acceptors (Lipinski definition) is 5. The van der Waals surface area contributed by atoms with Gasteiger partial charge in [0.15, 0.2) is 6.61 Å². The summed E-state index contributed by atoms with van der Waals surface area (Å²) >= 11 is 0. The van der Waals surface area contributed by atoms with Crippen LogP contribution in [0.1, 0.15) is 51.4 Å². The summed E-state index contributed by atoms with van der Waals surface area (Å²) in [6.07, 6.45) is 5.74. The highest BCUT2D eigenvalue weighted by atomic mass is 16.5. The average molecular weight is 321 g/mol. The number of esters is 1. The highest BCUT2D eigenvalue weighted by Crippen LogP contribution is 2.61. The molecule has 0 radical (unpaired) electrons. The molecule has 1 aliphatic heterocycles. The fourth-order valence-electron chi connectivity index (χ4n) is 5.72. The van der Waals surface area contributed by atoms with Crippen LogP contribution in [0.15, 0.2) is 0 Å². The Balaban J connectivity index is 1.41. The number of amides is 2. The lowest BCUT2D eigenvalue weighted by molar-refractivity contribution is -0.197. The van der Waals surface area contributed by atoms with Crippen molar-refractivity contribution in [2.75, 3.05) is 13.2 Å². The molecule has 0 aromatic rings. The SMILES string of the molecule is O=C1CCCN1C(=O)COC(=O)C12C[C@@H]3C[C@@H](CC(O)(C3)C1)C2. The summed E-state index contributed by atoms with van der Waals surface area (Å²) in [5.74, 6) is -0.182. The van der Waals surface area contributed by atoms with Crippen molar-refractivity contribution >= 4 is 17.8 Å². The number of carbonyl (C=O) groups excluding carboxylic acids is 3. The summed E-state index contributed by atoms with van der Waals surface area (Å²) in [6, 6.07) is 0. The van der Waals surface area contributed by atoms with E-state index in [4.69, 9.17) is 4.74 Å². The minimum Gasteiger partial charge on any atom is -0.455 e. The number of ether oxygens (including phenoxy) is 1. The van der Waals surface area contributed by atoms with Crippen molar-refractivity contribution in [2.45, 2.75) is 57.0 Å². The second-order valence-corrected chi connectivity index (χ2v) is 8.08. The van der Waals surface area contributed by atoms with Crippen LogP contribution in [0, 0.1) is 17.3 Å². The third-order valence-electron chi connectivity index (χ3n) is 6.16. The van der Waals surface area contributed by atoms with Crippen molar-refractivity contribution in [2.24, 2.45) is 17.3 Å². The summed E-state index contributed by atoms with van der Waals surface area (Å²) < 4.78 is 5.30. The molecule has 6 heteroatoms. The normalized spacial score (nSPS) is 41.4. The van der Waals surface area contributed by atoms with Crippen LogP contribution in [0.4, 0.5) is 0 Å². The molecule has 1 heterocycles. The van der Waals surface area contributed by atoms with E-state index < -0.39 is 16.9 Å². The molecule has 0 spiro atoms. The monoisotopic (exact) mass is 321 g/mol. The summed E-state index contributed by atoms with van der Waals surface area (Å²) in [7, 11) is 0. The summed E-state index contributed by atoms with van der Waals surface area (Å²) in [4.78, 5) is 37.4. The minimum atomic E-state index is -0.724. The molecule has 2 amide bonds. The second-order valence-electron chi connectivity index (χ2n) is 8.08. The predicted molar refractivity (Wildman–Crippen MR) is 79.0 cm³/mol. The molecular formula is C17H23NO5. The lowest BCUT2D eigenvalue weighted by Crippen LogP contribution is -2.58. The van der Waals surface area contributed by atoms with Gasteiger partial charge in [-0.15, -0.1) is 0 Å². The molecule has 5 rings (SSSR count). The van der Waals surface area contributed by atoms with Gasteiger partial charge in [-0.2, -0.15) is 0 Å². The molecular weight excluding hydrogens is 298 g/mol. The average Bonchev–Trinajstić information content (AvgIpc) is 2.88. The van der Waals surface area contributed by atoms with Gasteiger partial charge in [0.1, 0.15) is 0 Å². The van der Waals surface area contributed by atoms with Crippen molar-refractivity contribution in [3.8, 4) is 0 Å². The Morgan fingerprint density at radius 3 is 2.48 bits per heavy atom. The second kappa shape index (κ2) is 5.03. The molecule has 1 saturated heterocycles. The highest BCUT2D eigenvalue weighted by Gasteiger charge is 2.61. The molecule has 4 aliphatic carbocycles. The van der Waals surface area contributed by atoms with E-state index >= 15 is 0 Å². The van der Waals surface area contributed by atoms with Gasteiger partial charge < -0.3 is 9.84 Å². The maximum atomic E-state index is 12.7. The smallest absolute Gasteiger partial charge is 0.312 e. The van der Waals surface area contributed by atoms with Crippen LogP contribution in [-0.4, -0.2) is 46.5 Å². The molecule has 4 saturated carbocycles. The maximum Gasteiger partial charge on any atom is 0.312 e. The Bertz CT molecular complexity index is 557. The highest BCUT2D eigenvalue weighted by molar-refractivity contribution is 5.97. The van der Waals surface area contributed by atoms with Crippen molar-refractivity contribution in [1.29, 1.82) is 0 Å². The molecule has 4 bridgehead atoms. The quantitative estimate of drug-likeness (QED) is 0.784. The topological polar surface area (TPSA) is 83.9 Å². The number of hydrogen-bond donors (Lipinski definition) is 1. The number of rotatable bonds is 3. The standard InChI is InChI=1S/C17H23NO5/c19-13-2-1-3-18(13)14(20)9-23-15(21)16-5-11-4-12(6-16)8-17(22,7-11)10-16/h11-12,22H,1-10H2/t11-,12+,16?,17?. The van der Waals surface area contributed by atoms with E-state index in [0.717, 1.165) is 32.1 Å². The van der Waals surface area contributed by atoms with Crippen molar-refractivity contribution < 1.29 is 24.2 Å². The van der Waals surface area contributed by atoms with Gasteiger partial charge in [0.05, 0.1) is 11.0 Å². The Kier molecular flexibility index (Phi) is 3.31. The van der Waals surface area contributed by atoms with E-state index in [2.05, 4.69) is 0 Å². The van der Waals surface area contributed by atoms with Gasteiger partial charge in [0.2, 0.25) is 5.91 Å². The number of likely N-dealkylation sites (tertiary alicyclic amines) is 1. The number of aliphatic hydroxyl groups is 1. The van der Waals surface area contributed by atoms with Crippen LogP contribution >= 0.6 is 0 Å². The van der Waals surface area contributed by atoms with E-state index in [1.165, 1.54) is 4.90 Å². The number of nitrogens with zero attached hydrogens (tertiary/aromatic N) is 1. The zero-order valence-corrected chi connectivity index (χ0v) is 13.3. The molecule has 5 aliphatic rings. The first kappa shape index (κ1) is 15.1. The lowest BCUT2D eigenvalue weighted by atomic mass is 9.48. The van der Waals surface area contributed by atoms with E-state index in [1.807, 2.05) is 0 Å². The largest absolute Gasteiger partial charge is 0.455 e. The van der Waals surface area contributed by atoms with Crippen LogP contribution in [0.25, 0.3) is 0 Å². The molecule has 2 unspecified atom stereocenters.